The van der Waals surface area contributed by atoms with Crippen molar-refractivity contribution in [3.63, 3.8) is 0 Å². The lowest BCUT2D eigenvalue weighted by Gasteiger charge is -2.31. The lowest BCUT2D eigenvalue weighted by atomic mass is 9.94. The van der Waals surface area contributed by atoms with Crippen LogP contribution in [0, 0.1) is 5.92 Å². The third kappa shape index (κ3) is 1.25. The topological polar surface area (TPSA) is 32.3 Å². The number of rotatable bonds is 0. The molecule has 2 saturated heterocycles. The van der Waals surface area contributed by atoms with Gasteiger partial charge in [-0.1, -0.05) is 0 Å². The normalized spacial score (nSPS) is 38.5. The second-order valence-electron chi connectivity index (χ2n) is 3.69. The van der Waals surface area contributed by atoms with Crippen LogP contribution in [0.15, 0.2) is 0 Å². The van der Waals surface area contributed by atoms with Gasteiger partial charge in [0.1, 0.15) is 0 Å². The number of piperidine rings is 1. The fourth-order valence-electron chi connectivity index (χ4n) is 2.11. The largest absolute Gasteiger partial charge is 0.353 e. The van der Waals surface area contributed by atoms with Crippen molar-refractivity contribution in [1.82, 2.24) is 10.2 Å². The Morgan fingerprint density at radius 3 is 3.27 bits per heavy atom. The molecule has 0 aromatic rings. The number of hydrogen-bond donors (Lipinski definition) is 1. The number of hydrogen-bond acceptors (Lipinski definition) is 2. The summed E-state index contributed by atoms with van der Waals surface area (Å²) in [6.07, 6.45) is 1.88. The van der Waals surface area contributed by atoms with Crippen molar-refractivity contribution < 1.29 is 4.79 Å². The van der Waals surface area contributed by atoms with E-state index in [1.807, 2.05) is 0 Å². The van der Waals surface area contributed by atoms with E-state index in [-0.39, 0.29) is 5.91 Å². The molecule has 2 atom stereocenters. The highest BCUT2D eigenvalue weighted by atomic mass is 16.2. The predicted octanol–water partition coefficient (Wildman–Crippen LogP) is -0.173. The highest BCUT2D eigenvalue weighted by molar-refractivity contribution is 5.79. The van der Waals surface area contributed by atoms with Gasteiger partial charge in [-0.05, 0) is 20.0 Å². The smallest absolute Gasteiger partial charge is 0.220 e. The Hall–Kier alpha value is -0.570. The minimum absolute atomic E-state index is 0.246. The molecule has 2 fully saturated rings. The van der Waals surface area contributed by atoms with E-state index in [1.165, 1.54) is 0 Å². The molecule has 3 nitrogen and oxygen atoms in total. The highest BCUT2D eigenvalue weighted by Gasteiger charge is 2.35. The van der Waals surface area contributed by atoms with E-state index >= 15 is 0 Å². The van der Waals surface area contributed by atoms with Crippen LogP contribution >= 0.6 is 0 Å². The number of amides is 1. The SMILES string of the molecule is CN1CCC2NC(=O)CC2C1. The first kappa shape index (κ1) is 7.10. The zero-order chi connectivity index (χ0) is 7.84. The van der Waals surface area contributed by atoms with Gasteiger partial charge in [0.15, 0.2) is 0 Å². The average molecular weight is 154 g/mol. The molecule has 0 radical (unpaired) electrons. The maximum absolute atomic E-state index is 11.0. The van der Waals surface area contributed by atoms with Crippen molar-refractivity contribution in [3.8, 4) is 0 Å². The monoisotopic (exact) mass is 154 g/mol. The first-order valence-corrected chi connectivity index (χ1v) is 4.23. The minimum Gasteiger partial charge on any atom is -0.353 e. The molecule has 0 spiro atoms. The van der Waals surface area contributed by atoms with Gasteiger partial charge in [0.25, 0.3) is 0 Å². The van der Waals surface area contributed by atoms with E-state index < -0.39 is 0 Å². The standard InChI is InChI=1S/C8H14N2O/c1-10-3-2-7-6(5-10)4-8(11)9-7/h6-7H,2-5H2,1H3,(H,9,11). The second kappa shape index (κ2) is 2.48. The molecule has 2 heterocycles. The van der Waals surface area contributed by atoms with Crippen molar-refractivity contribution in [2.24, 2.45) is 5.92 Å². The molecule has 0 aromatic heterocycles. The molecular weight excluding hydrogens is 140 g/mol. The molecule has 2 unspecified atom stereocenters. The summed E-state index contributed by atoms with van der Waals surface area (Å²) in [6, 6.07) is 0.485. The molecule has 0 aliphatic carbocycles. The fraction of sp³-hybridized carbons (Fsp3) is 0.875. The molecular formula is C8H14N2O. The third-order valence-electron chi connectivity index (χ3n) is 2.73. The Kier molecular flexibility index (Phi) is 1.60. The van der Waals surface area contributed by atoms with Crippen LogP contribution in [0.3, 0.4) is 0 Å². The maximum atomic E-state index is 11.0. The molecule has 2 aliphatic heterocycles. The van der Waals surface area contributed by atoms with Crippen LogP contribution in [0.25, 0.3) is 0 Å². The van der Waals surface area contributed by atoms with Crippen molar-refractivity contribution >= 4 is 5.91 Å². The van der Waals surface area contributed by atoms with E-state index in [0.717, 1.165) is 25.9 Å². The van der Waals surface area contributed by atoms with E-state index in [0.29, 0.717) is 12.0 Å². The Bertz CT molecular complexity index is 181. The summed E-state index contributed by atoms with van der Waals surface area (Å²) < 4.78 is 0. The quantitative estimate of drug-likeness (QED) is 0.525. The van der Waals surface area contributed by atoms with Crippen LogP contribution in [0.1, 0.15) is 12.8 Å². The van der Waals surface area contributed by atoms with Crippen LogP contribution in [0.5, 0.6) is 0 Å². The third-order valence-corrected chi connectivity index (χ3v) is 2.73. The number of nitrogens with one attached hydrogen (secondary N) is 1. The Balaban J connectivity index is 2.02. The summed E-state index contributed by atoms with van der Waals surface area (Å²) in [5.41, 5.74) is 0. The van der Waals surface area contributed by atoms with E-state index in [1.54, 1.807) is 0 Å². The molecule has 0 saturated carbocycles. The molecule has 62 valence electrons. The van der Waals surface area contributed by atoms with Gasteiger partial charge >= 0.3 is 0 Å². The number of likely N-dealkylation sites (tertiary alicyclic amines) is 1. The molecule has 0 bridgehead atoms. The number of carbonyl (C=O) groups excluding carboxylic acids is 1. The first-order chi connectivity index (χ1) is 5.25. The summed E-state index contributed by atoms with van der Waals surface area (Å²) in [6.45, 7) is 2.21. The number of fused-ring (bicyclic) bond motifs is 1. The van der Waals surface area contributed by atoms with Crippen molar-refractivity contribution in [2.75, 3.05) is 20.1 Å². The maximum Gasteiger partial charge on any atom is 0.220 e. The highest BCUT2D eigenvalue weighted by Crippen LogP contribution is 2.23. The van der Waals surface area contributed by atoms with Gasteiger partial charge in [-0.15, -0.1) is 0 Å². The Labute approximate surface area is 66.8 Å². The van der Waals surface area contributed by atoms with Gasteiger partial charge in [-0.3, -0.25) is 4.79 Å². The van der Waals surface area contributed by atoms with E-state index in [9.17, 15) is 4.79 Å². The zero-order valence-corrected chi connectivity index (χ0v) is 6.84. The van der Waals surface area contributed by atoms with Crippen molar-refractivity contribution in [3.05, 3.63) is 0 Å². The van der Waals surface area contributed by atoms with Crippen molar-refractivity contribution in [2.45, 2.75) is 18.9 Å². The summed E-state index contributed by atoms with van der Waals surface area (Å²) in [7, 11) is 2.12. The molecule has 2 rings (SSSR count). The summed E-state index contributed by atoms with van der Waals surface area (Å²) in [5, 5.41) is 3.01. The van der Waals surface area contributed by atoms with Gasteiger partial charge in [0.2, 0.25) is 5.91 Å². The summed E-state index contributed by atoms with van der Waals surface area (Å²) in [5.74, 6) is 0.830. The van der Waals surface area contributed by atoms with Crippen LogP contribution in [0.4, 0.5) is 0 Å². The van der Waals surface area contributed by atoms with Crippen LogP contribution in [-0.2, 0) is 4.79 Å². The molecule has 2 aliphatic rings. The van der Waals surface area contributed by atoms with Crippen LogP contribution < -0.4 is 5.32 Å². The molecule has 1 N–H and O–H groups in total. The zero-order valence-electron chi connectivity index (χ0n) is 6.84. The van der Waals surface area contributed by atoms with Crippen molar-refractivity contribution in [1.29, 1.82) is 0 Å². The molecule has 1 amide bonds. The van der Waals surface area contributed by atoms with Gasteiger partial charge in [-0.2, -0.15) is 0 Å². The fourth-order valence-corrected chi connectivity index (χ4v) is 2.11. The number of carbonyl (C=O) groups is 1. The predicted molar refractivity (Wildman–Crippen MR) is 42.2 cm³/mol. The Morgan fingerprint density at radius 1 is 1.64 bits per heavy atom. The number of nitrogens with zero attached hydrogens (tertiary/aromatic N) is 1. The minimum atomic E-state index is 0.246. The van der Waals surface area contributed by atoms with Gasteiger partial charge in [-0.25, -0.2) is 0 Å². The molecule has 0 aromatic carbocycles. The van der Waals surface area contributed by atoms with E-state index in [2.05, 4.69) is 17.3 Å². The Morgan fingerprint density at radius 2 is 2.45 bits per heavy atom. The lowest BCUT2D eigenvalue weighted by molar-refractivity contribution is -0.119. The molecule has 11 heavy (non-hydrogen) atoms. The van der Waals surface area contributed by atoms with Gasteiger partial charge < -0.3 is 10.2 Å². The van der Waals surface area contributed by atoms with Crippen LogP contribution in [-0.4, -0.2) is 37.0 Å². The van der Waals surface area contributed by atoms with E-state index in [4.69, 9.17) is 0 Å². The second-order valence-corrected chi connectivity index (χ2v) is 3.69. The lowest BCUT2D eigenvalue weighted by Crippen LogP contribution is -2.42. The summed E-state index contributed by atoms with van der Waals surface area (Å²) in [4.78, 5) is 13.3. The van der Waals surface area contributed by atoms with Gasteiger partial charge in [0, 0.05) is 24.9 Å². The average Bonchev–Trinajstić information content (AvgIpc) is 2.27. The first-order valence-electron chi connectivity index (χ1n) is 4.23. The van der Waals surface area contributed by atoms with Crippen LogP contribution in [0.2, 0.25) is 0 Å². The van der Waals surface area contributed by atoms with Gasteiger partial charge in [0.05, 0.1) is 0 Å². The summed E-state index contributed by atoms with van der Waals surface area (Å²) >= 11 is 0. The molecule has 3 heteroatoms.